The maximum absolute atomic E-state index is 13.2. The summed E-state index contributed by atoms with van der Waals surface area (Å²) in [5.74, 6) is 0.809. The first-order valence-electron chi connectivity index (χ1n) is 6.58. The highest BCUT2D eigenvalue weighted by Crippen LogP contribution is 2.51. The predicted octanol–water partition coefficient (Wildman–Crippen LogP) is 3.41. The molecule has 1 aromatic carbocycles. The second-order valence-corrected chi connectivity index (χ2v) is 5.51. The molecule has 96 valence electrons. The second-order valence-electron chi connectivity index (χ2n) is 5.51. The number of halogens is 1. The predicted molar refractivity (Wildman–Crippen MR) is 66.1 cm³/mol. The van der Waals surface area contributed by atoms with Crippen molar-refractivity contribution in [3.05, 3.63) is 29.6 Å². The molecule has 18 heavy (non-hydrogen) atoms. The lowest BCUT2D eigenvalue weighted by molar-refractivity contribution is -0.151. The van der Waals surface area contributed by atoms with Gasteiger partial charge in [-0.15, -0.1) is 0 Å². The van der Waals surface area contributed by atoms with Crippen molar-refractivity contribution in [3.8, 4) is 5.75 Å². The van der Waals surface area contributed by atoms with E-state index in [-0.39, 0.29) is 17.3 Å². The molecule has 2 nitrogen and oxygen atoms in total. The number of benzene rings is 1. The van der Waals surface area contributed by atoms with E-state index in [2.05, 4.69) is 0 Å². The lowest BCUT2D eigenvalue weighted by atomic mass is 9.63. The average Bonchev–Trinajstić information content (AvgIpc) is 2.85. The van der Waals surface area contributed by atoms with Gasteiger partial charge < -0.3 is 4.74 Å². The Hall–Kier alpha value is -1.38. The Kier molecular flexibility index (Phi) is 2.65. The topological polar surface area (TPSA) is 26.3 Å². The van der Waals surface area contributed by atoms with Crippen molar-refractivity contribution in [2.75, 3.05) is 0 Å². The summed E-state index contributed by atoms with van der Waals surface area (Å²) in [6.45, 7) is 1.72. The number of hydrogen-bond donors (Lipinski definition) is 0. The summed E-state index contributed by atoms with van der Waals surface area (Å²) in [5.41, 5.74) is 0.362. The molecule has 0 aromatic heterocycles. The van der Waals surface area contributed by atoms with Gasteiger partial charge in [-0.05, 0) is 43.5 Å². The molecule has 2 aliphatic carbocycles. The minimum absolute atomic E-state index is 0.00244. The van der Waals surface area contributed by atoms with E-state index >= 15 is 0 Å². The Morgan fingerprint density at radius 3 is 2.67 bits per heavy atom. The highest BCUT2D eigenvalue weighted by Gasteiger charge is 2.57. The van der Waals surface area contributed by atoms with Gasteiger partial charge in [0.2, 0.25) is 0 Å². The molecule has 0 heterocycles. The van der Waals surface area contributed by atoms with E-state index in [1.807, 2.05) is 0 Å². The van der Waals surface area contributed by atoms with Crippen molar-refractivity contribution in [2.24, 2.45) is 5.41 Å². The number of rotatable bonds is 2. The minimum Gasteiger partial charge on any atom is -0.489 e. The van der Waals surface area contributed by atoms with Crippen molar-refractivity contribution < 1.29 is 13.9 Å². The van der Waals surface area contributed by atoms with Crippen molar-refractivity contribution >= 4 is 5.78 Å². The van der Waals surface area contributed by atoms with E-state index < -0.39 is 0 Å². The third kappa shape index (κ3) is 1.64. The monoisotopic (exact) mass is 248 g/mol. The lowest BCUT2D eigenvalue weighted by Gasteiger charge is -2.44. The molecule has 0 aliphatic heterocycles. The van der Waals surface area contributed by atoms with E-state index in [1.54, 1.807) is 19.1 Å². The molecule has 0 saturated heterocycles. The van der Waals surface area contributed by atoms with Gasteiger partial charge in [0.1, 0.15) is 23.5 Å². The van der Waals surface area contributed by atoms with Gasteiger partial charge in [-0.2, -0.15) is 0 Å². The number of ketones is 1. The van der Waals surface area contributed by atoms with E-state index in [0.29, 0.717) is 23.5 Å². The average molecular weight is 248 g/mol. The number of ether oxygens (including phenoxy) is 1. The van der Waals surface area contributed by atoms with Crippen molar-refractivity contribution in [1.82, 2.24) is 0 Å². The zero-order valence-corrected chi connectivity index (χ0v) is 10.5. The van der Waals surface area contributed by atoms with Crippen LogP contribution in [0.25, 0.3) is 0 Å². The molecule has 3 rings (SSSR count). The number of carbonyl (C=O) groups excluding carboxylic acids is 1. The van der Waals surface area contributed by atoms with Crippen LogP contribution in [0.5, 0.6) is 5.75 Å². The van der Waals surface area contributed by atoms with E-state index in [1.165, 1.54) is 6.07 Å². The van der Waals surface area contributed by atoms with Gasteiger partial charge in [-0.3, -0.25) is 4.79 Å². The Bertz CT molecular complexity index is 489. The standard InChI is InChI=1S/C15H17FO2/c1-10-8-11(4-5-12(10)16)18-14-9-13(17)15(14)6-2-3-7-15/h4-5,8,14H,2-3,6-7,9H2,1H3. The van der Waals surface area contributed by atoms with E-state index in [9.17, 15) is 9.18 Å². The highest BCUT2D eigenvalue weighted by atomic mass is 19.1. The summed E-state index contributed by atoms with van der Waals surface area (Å²) in [4.78, 5) is 11.8. The van der Waals surface area contributed by atoms with Gasteiger partial charge in [0, 0.05) is 6.42 Å². The summed E-state index contributed by atoms with van der Waals surface area (Å²) in [5, 5.41) is 0. The molecule has 0 bridgehead atoms. The number of aryl methyl sites for hydroxylation is 1. The molecule has 0 radical (unpaired) electrons. The smallest absolute Gasteiger partial charge is 0.146 e. The van der Waals surface area contributed by atoms with Crippen LogP contribution in [-0.2, 0) is 4.79 Å². The van der Waals surface area contributed by atoms with Crippen LogP contribution in [-0.4, -0.2) is 11.9 Å². The molecular weight excluding hydrogens is 231 g/mol. The molecule has 1 spiro atoms. The second kappa shape index (κ2) is 4.08. The Morgan fingerprint density at radius 1 is 1.33 bits per heavy atom. The van der Waals surface area contributed by atoms with Gasteiger partial charge in [0.25, 0.3) is 0 Å². The van der Waals surface area contributed by atoms with Crippen molar-refractivity contribution in [1.29, 1.82) is 0 Å². The molecule has 1 aromatic rings. The molecule has 2 aliphatic rings. The van der Waals surface area contributed by atoms with Crippen LogP contribution >= 0.6 is 0 Å². The summed E-state index contributed by atoms with van der Waals surface area (Å²) >= 11 is 0. The van der Waals surface area contributed by atoms with Gasteiger partial charge >= 0.3 is 0 Å². The quantitative estimate of drug-likeness (QED) is 0.801. The first-order chi connectivity index (χ1) is 8.62. The Labute approximate surface area is 106 Å². The third-order valence-corrected chi connectivity index (χ3v) is 4.45. The fourth-order valence-electron chi connectivity index (χ4n) is 3.23. The summed E-state index contributed by atoms with van der Waals surface area (Å²) < 4.78 is 19.1. The zero-order valence-electron chi connectivity index (χ0n) is 10.5. The Balaban J connectivity index is 1.77. The zero-order chi connectivity index (χ0) is 12.8. The largest absolute Gasteiger partial charge is 0.489 e. The molecule has 1 unspecified atom stereocenters. The highest BCUT2D eigenvalue weighted by molar-refractivity contribution is 5.92. The maximum Gasteiger partial charge on any atom is 0.146 e. The lowest BCUT2D eigenvalue weighted by Crippen LogP contribution is -2.55. The molecule has 0 N–H and O–H groups in total. The normalized spacial score (nSPS) is 25.2. The number of hydrogen-bond acceptors (Lipinski definition) is 2. The molecule has 0 amide bonds. The van der Waals surface area contributed by atoms with E-state index in [0.717, 1.165) is 25.7 Å². The van der Waals surface area contributed by atoms with Crippen LogP contribution < -0.4 is 4.74 Å². The fraction of sp³-hybridized carbons (Fsp3) is 0.533. The summed E-state index contributed by atoms with van der Waals surface area (Å²) in [7, 11) is 0. The van der Waals surface area contributed by atoms with Gasteiger partial charge in [-0.25, -0.2) is 4.39 Å². The first-order valence-corrected chi connectivity index (χ1v) is 6.58. The first kappa shape index (κ1) is 11.7. The minimum atomic E-state index is -0.220. The SMILES string of the molecule is Cc1cc(OC2CC(=O)C23CCCC3)ccc1F. The van der Waals surface area contributed by atoms with Crippen LogP contribution in [0.15, 0.2) is 18.2 Å². The molecule has 3 heteroatoms. The van der Waals surface area contributed by atoms with Crippen LogP contribution in [0.1, 0.15) is 37.7 Å². The Morgan fingerprint density at radius 2 is 2.06 bits per heavy atom. The summed E-state index contributed by atoms with van der Waals surface area (Å²) in [6, 6.07) is 4.78. The molecule has 2 fully saturated rings. The van der Waals surface area contributed by atoms with Crippen molar-refractivity contribution in [3.63, 3.8) is 0 Å². The summed E-state index contributed by atoms with van der Waals surface area (Å²) in [6.07, 6.45) is 4.66. The number of Topliss-reactive ketones (excluding diaryl/α,β-unsaturated/α-hetero) is 1. The third-order valence-electron chi connectivity index (χ3n) is 4.45. The molecular formula is C15H17FO2. The van der Waals surface area contributed by atoms with E-state index in [4.69, 9.17) is 4.74 Å². The molecule has 1 atom stereocenters. The van der Waals surface area contributed by atoms with Crippen LogP contribution in [0, 0.1) is 18.2 Å². The number of carbonyl (C=O) groups is 1. The van der Waals surface area contributed by atoms with Gasteiger partial charge in [0.15, 0.2) is 0 Å². The van der Waals surface area contributed by atoms with Crippen LogP contribution in [0.3, 0.4) is 0 Å². The van der Waals surface area contributed by atoms with Crippen molar-refractivity contribution in [2.45, 2.75) is 45.1 Å². The van der Waals surface area contributed by atoms with Crippen LogP contribution in [0.4, 0.5) is 4.39 Å². The van der Waals surface area contributed by atoms with Gasteiger partial charge in [0.05, 0.1) is 5.41 Å². The fourth-order valence-corrected chi connectivity index (χ4v) is 3.23. The maximum atomic E-state index is 13.2. The van der Waals surface area contributed by atoms with Gasteiger partial charge in [-0.1, -0.05) is 12.8 Å². The van der Waals surface area contributed by atoms with Crippen LogP contribution in [0.2, 0.25) is 0 Å². The molecule has 2 saturated carbocycles.